The summed E-state index contributed by atoms with van der Waals surface area (Å²) in [5.41, 5.74) is 0. The lowest BCUT2D eigenvalue weighted by molar-refractivity contribution is -0.131. The Balaban J connectivity index is 2.64. The van der Waals surface area contributed by atoms with Gasteiger partial charge in [0.1, 0.15) is 11.6 Å². The molecule has 56 valence electrons. The molecule has 2 nitrogen and oxygen atoms in total. The molecule has 0 aromatic heterocycles. The predicted octanol–water partition coefficient (Wildman–Crippen LogP) is 1.33. The van der Waals surface area contributed by atoms with Crippen LogP contribution in [0.3, 0.4) is 0 Å². The number of hydrogen-bond donors (Lipinski definition) is 0. The smallest absolute Gasteiger partial charge is 0.143 e. The van der Waals surface area contributed by atoms with Crippen LogP contribution in [0.15, 0.2) is 0 Å². The van der Waals surface area contributed by atoms with Crippen LogP contribution >= 0.6 is 0 Å². The van der Waals surface area contributed by atoms with Gasteiger partial charge in [-0.3, -0.25) is 9.59 Å². The Morgan fingerprint density at radius 3 is 1.90 bits per heavy atom. The van der Waals surface area contributed by atoms with Crippen molar-refractivity contribution in [2.75, 3.05) is 0 Å². The molecule has 1 fully saturated rings. The monoisotopic (exact) mass is 140 g/mol. The standard InChI is InChI=1S/C8H12O2/c1-6-7(9)4-2-3-5-8(6)10/h6H,2-5H2,1H3. The van der Waals surface area contributed by atoms with Gasteiger partial charge >= 0.3 is 0 Å². The van der Waals surface area contributed by atoms with Crippen LogP contribution in [-0.4, -0.2) is 11.6 Å². The number of carbonyl (C=O) groups excluding carboxylic acids is 2. The van der Waals surface area contributed by atoms with Gasteiger partial charge in [0.05, 0.1) is 5.92 Å². The maximum atomic E-state index is 11.0. The SMILES string of the molecule is CC1C(=O)CCCCC1=O. The van der Waals surface area contributed by atoms with Crippen LogP contribution in [0.2, 0.25) is 0 Å². The van der Waals surface area contributed by atoms with Crippen molar-refractivity contribution < 1.29 is 9.59 Å². The minimum Gasteiger partial charge on any atom is -0.299 e. The van der Waals surface area contributed by atoms with Crippen LogP contribution in [-0.2, 0) is 9.59 Å². The average Bonchev–Trinajstić information content (AvgIpc) is 2.04. The zero-order valence-corrected chi connectivity index (χ0v) is 6.22. The van der Waals surface area contributed by atoms with E-state index in [1.165, 1.54) is 0 Å². The molecule has 0 atom stereocenters. The Hall–Kier alpha value is -0.660. The lowest BCUT2D eigenvalue weighted by Crippen LogP contribution is -2.17. The first kappa shape index (κ1) is 7.45. The van der Waals surface area contributed by atoms with Crippen molar-refractivity contribution in [3.05, 3.63) is 0 Å². The minimum atomic E-state index is -0.317. The molecule has 0 radical (unpaired) electrons. The van der Waals surface area contributed by atoms with Gasteiger partial charge in [0.25, 0.3) is 0 Å². The van der Waals surface area contributed by atoms with Gasteiger partial charge in [0, 0.05) is 12.8 Å². The van der Waals surface area contributed by atoms with Crippen LogP contribution in [0.5, 0.6) is 0 Å². The highest BCUT2D eigenvalue weighted by atomic mass is 16.1. The summed E-state index contributed by atoms with van der Waals surface area (Å²) in [5, 5.41) is 0. The lowest BCUT2D eigenvalue weighted by atomic mass is 10.0. The molecule has 0 unspecified atom stereocenters. The van der Waals surface area contributed by atoms with Crippen molar-refractivity contribution in [2.24, 2.45) is 5.92 Å². The van der Waals surface area contributed by atoms with E-state index in [4.69, 9.17) is 0 Å². The van der Waals surface area contributed by atoms with E-state index < -0.39 is 0 Å². The summed E-state index contributed by atoms with van der Waals surface area (Å²) >= 11 is 0. The van der Waals surface area contributed by atoms with Gasteiger partial charge in [-0.1, -0.05) is 0 Å². The Kier molecular flexibility index (Phi) is 2.20. The fraction of sp³-hybridized carbons (Fsp3) is 0.750. The van der Waals surface area contributed by atoms with Gasteiger partial charge in [0.2, 0.25) is 0 Å². The molecule has 0 spiro atoms. The lowest BCUT2D eigenvalue weighted by Gasteiger charge is -2.01. The zero-order chi connectivity index (χ0) is 7.56. The minimum absolute atomic E-state index is 0.127. The van der Waals surface area contributed by atoms with Gasteiger partial charge < -0.3 is 0 Å². The third-order valence-electron chi connectivity index (χ3n) is 2.06. The fourth-order valence-corrected chi connectivity index (χ4v) is 1.21. The van der Waals surface area contributed by atoms with Crippen LogP contribution in [0.4, 0.5) is 0 Å². The molecule has 0 heterocycles. The highest BCUT2D eigenvalue weighted by Crippen LogP contribution is 2.15. The van der Waals surface area contributed by atoms with E-state index in [0.29, 0.717) is 12.8 Å². The third-order valence-corrected chi connectivity index (χ3v) is 2.06. The molecule has 0 saturated heterocycles. The molecular formula is C8H12O2. The molecule has 10 heavy (non-hydrogen) atoms. The molecule has 0 amide bonds. The second-order valence-corrected chi connectivity index (χ2v) is 2.86. The summed E-state index contributed by atoms with van der Waals surface area (Å²) in [6, 6.07) is 0. The van der Waals surface area contributed by atoms with E-state index in [1.54, 1.807) is 6.92 Å². The largest absolute Gasteiger partial charge is 0.299 e. The van der Waals surface area contributed by atoms with Crippen LogP contribution < -0.4 is 0 Å². The summed E-state index contributed by atoms with van der Waals surface area (Å²) in [7, 11) is 0. The second-order valence-electron chi connectivity index (χ2n) is 2.86. The van der Waals surface area contributed by atoms with Gasteiger partial charge in [-0.15, -0.1) is 0 Å². The molecule has 0 N–H and O–H groups in total. The van der Waals surface area contributed by atoms with Crippen molar-refractivity contribution in [3.63, 3.8) is 0 Å². The number of Topliss-reactive ketones (excluding diaryl/α,β-unsaturated/α-hetero) is 2. The summed E-state index contributed by atoms with van der Waals surface area (Å²) in [5.74, 6) is -0.0625. The number of rotatable bonds is 0. The van der Waals surface area contributed by atoms with Gasteiger partial charge in [-0.25, -0.2) is 0 Å². The fourth-order valence-electron chi connectivity index (χ4n) is 1.21. The van der Waals surface area contributed by atoms with E-state index in [0.717, 1.165) is 12.8 Å². The van der Waals surface area contributed by atoms with E-state index in [1.807, 2.05) is 0 Å². The summed E-state index contributed by atoms with van der Waals surface area (Å²) < 4.78 is 0. The van der Waals surface area contributed by atoms with Gasteiger partial charge in [0.15, 0.2) is 0 Å². The number of carbonyl (C=O) groups is 2. The normalized spacial score (nSPS) is 22.9. The van der Waals surface area contributed by atoms with E-state index in [9.17, 15) is 9.59 Å². The first-order valence-corrected chi connectivity index (χ1v) is 3.77. The van der Waals surface area contributed by atoms with Crippen LogP contribution in [0.1, 0.15) is 32.6 Å². The van der Waals surface area contributed by atoms with Crippen LogP contribution in [0.25, 0.3) is 0 Å². The van der Waals surface area contributed by atoms with E-state index in [2.05, 4.69) is 0 Å². The maximum absolute atomic E-state index is 11.0. The Morgan fingerprint density at radius 2 is 1.50 bits per heavy atom. The third kappa shape index (κ3) is 1.43. The number of ketones is 2. The second kappa shape index (κ2) is 2.95. The first-order valence-electron chi connectivity index (χ1n) is 3.77. The van der Waals surface area contributed by atoms with Crippen molar-refractivity contribution in [3.8, 4) is 0 Å². The van der Waals surface area contributed by atoms with E-state index in [-0.39, 0.29) is 17.5 Å². The van der Waals surface area contributed by atoms with Crippen molar-refractivity contribution in [1.29, 1.82) is 0 Å². The van der Waals surface area contributed by atoms with E-state index >= 15 is 0 Å². The molecule has 0 aromatic carbocycles. The summed E-state index contributed by atoms with van der Waals surface area (Å²) in [4.78, 5) is 22.0. The van der Waals surface area contributed by atoms with Gasteiger partial charge in [-0.05, 0) is 19.8 Å². The van der Waals surface area contributed by atoms with Crippen molar-refractivity contribution >= 4 is 11.6 Å². The zero-order valence-electron chi connectivity index (χ0n) is 6.22. The highest BCUT2D eigenvalue weighted by molar-refractivity contribution is 6.02. The Labute approximate surface area is 60.6 Å². The highest BCUT2D eigenvalue weighted by Gasteiger charge is 2.22. The number of hydrogen-bond acceptors (Lipinski definition) is 2. The van der Waals surface area contributed by atoms with Crippen molar-refractivity contribution in [1.82, 2.24) is 0 Å². The Bertz CT molecular complexity index is 143. The quantitative estimate of drug-likeness (QED) is 0.376. The predicted molar refractivity (Wildman–Crippen MR) is 37.6 cm³/mol. The molecule has 2 heteroatoms. The molecule has 0 aromatic rings. The first-order chi connectivity index (χ1) is 4.72. The molecule has 0 aliphatic heterocycles. The molecule has 0 bridgehead atoms. The van der Waals surface area contributed by atoms with Gasteiger partial charge in [-0.2, -0.15) is 0 Å². The molecular weight excluding hydrogens is 128 g/mol. The maximum Gasteiger partial charge on any atom is 0.143 e. The molecule has 1 aliphatic carbocycles. The summed E-state index contributed by atoms with van der Waals surface area (Å²) in [6.45, 7) is 1.72. The topological polar surface area (TPSA) is 34.1 Å². The van der Waals surface area contributed by atoms with Crippen molar-refractivity contribution in [2.45, 2.75) is 32.6 Å². The average molecular weight is 140 g/mol. The molecule has 1 rings (SSSR count). The summed E-state index contributed by atoms with van der Waals surface area (Å²) in [6.07, 6.45) is 3.00. The Morgan fingerprint density at radius 1 is 1.10 bits per heavy atom. The molecule has 1 saturated carbocycles. The van der Waals surface area contributed by atoms with Crippen LogP contribution in [0, 0.1) is 5.92 Å². The molecule has 1 aliphatic rings.